The Balaban J connectivity index is 2.81. The minimum absolute atomic E-state index is 0.312. The second-order valence-electron chi connectivity index (χ2n) is 4.35. The van der Waals surface area contributed by atoms with Crippen LogP contribution in [0.2, 0.25) is 0 Å². The van der Waals surface area contributed by atoms with Gasteiger partial charge in [-0.3, -0.25) is 0 Å². The number of hydrogen-bond acceptors (Lipinski definition) is 3. The van der Waals surface area contributed by atoms with Gasteiger partial charge in [0.2, 0.25) is 0 Å². The van der Waals surface area contributed by atoms with Crippen molar-refractivity contribution >= 4 is 0 Å². The SMILES string of the molecule is C=CCOc1c(C[NH2+]C[C@@H](C)O)cccc1OCC. The van der Waals surface area contributed by atoms with Crippen molar-refractivity contribution in [1.29, 1.82) is 0 Å². The van der Waals surface area contributed by atoms with E-state index in [-0.39, 0.29) is 6.10 Å². The van der Waals surface area contributed by atoms with E-state index in [0.29, 0.717) is 19.8 Å². The first-order valence-corrected chi connectivity index (χ1v) is 6.67. The molecule has 0 unspecified atom stereocenters. The lowest BCUT2D eigenvalue weighted by Gasteiger charge is -2.14. The first-order valence-electron chi connectivity index (χ1n) is 6.67. The Kier molecular flexibility index (Phi) is 7.00. The van der Waals surface area contributed by atoms with Crippen molar-refractivity contribution in [3.63, 3.8) is 0 Å². The molecule has 106 valence electrons. The van der Waals surface area contributed by atoms with Crippen LogP contribution in [0.1, 0.15) is 19.4 Å². The fraction of sp³-hybridized carbons (Fsp3) is 0.467. The number of para-hydroxylation sites is 1. The standard InChI is InChI=1S/C15H23NO3/c1-4-9-19-15-13(11-16-10-12(3)17)7-6-8-14(15)18-5-2/h4,6-8,12,16-17H,1,5,9-11H2,2-3H3/p+1/t12-/m1/s1. The lowest BCUT2D eigenvalue weighted by atomic mass is 10.2. The summed E-state index contributed by atoms with van der Waals surface area (Å²) >= 11 is 0. The summed E-state index contributed by atoms with van der Waals surface area (Å²) in [5.74, 6) is 1.53. The van der Waals surface area contributed by atoms with Gasteiger partial charge in [-0.15, -0.1) is 0 Å². The minimum Gasteiger partial charge on any atom is -0.490 e. The van der Waals surface area contributed by atoms with E-state index in [1.807, 2.05) is 25.1 Å². The van der Waals surface area contributed by atoms with Gasteiger partial charge in [0.1, 0.15) is 19.7 Å². The van der Waals surface area contributed by atoms with Gasteiger partial charge in [0.05, 0.1) is 18.3 Å². The van der Waals surface area contributed by atoms with Crippen LogP contribution in [0.4, 0.5) is 0 Å². The van der Waals surface area contributed by atoms with E-state index < -0.39 is 0 Å². The molecule has 0 saturated heterocycles. The Bertz CT molecular complexity index is 391. The largest absolute Gasteiger partial charge is 0.490 e. The van der Waals surface area contributed by atoms with Gasteiger partial charge >= 0.3 is 0 Å². The summed E-state index contributed by atoms with van der Waals surface area (Å²) in [5, 5.41) is 11.3. The number of nitrogens with two attached hydrogens (primary N) is 1. The van der Waals surface area contributed by atoms with Crippen LogP contribution in [0.5, 0.6) is 11.5 Å². The third kappa shape index (κ3) is 5.32. The van der Waals surface area contributed by atoms with Crippen molar-refractivity contribution in [2.24, 2.45) is 0 Å². The molecule has 1 rings (SSSR count). The molecule has 0 bridgehead atoms. The molecule has 0 aromatic heterocycles. The summed E-state index contributed by atoms with van der Waals surface area (Å²) in [4.78, 5) is 0. The van der Waals surface area contributed by atoms with Crippen molar-refractivity contribution in [1.82, 2.24) is 0 Å². The Labute approximate surface area is 115 Å². The van der Waals surface area contributed by atoms with Crippen LogP contribution in [0.3, 0.4) is 0 Å². The topological polar surface area (TPSA) is 55.3 Å². The Hall–Kier alpha value is -1.52. The van der Waals surface area contributed by atoms with Crippen LogP contribution < -0.4 is 14.8 Å². The maximum atomic E-state index is 9.28. The normalized spacial score (nSPS) is 11.9. The van der Waals surface area contributed by atoms with Crippen LogP contribution in [-0.2, 0) is 6.54 Å². The van der Waals surface area contributed by atoms with Gasteiger partial charge in [-0.05, 0) is 26.0 Å². The van der Waals surface area contributed by atoms with Crippen molar-refractivity contribution in [2.75, 3.05) is 19.8 Å². The number of rotatable bonds is 9. The highest BCUT2D eigenvalue weighted by atomic mass is 16.5. The molecular weight excluding hydrogens is 242 g/mol. The van der Waals surface area contributed by atoms with Gasteiger partial charge in [-0.2, -0.15) is 0 Å². The molecule has 0 saturated carbocycles. The molecule has 19 heavy (non-hydrogen) atoms. The zero-order valence-corrected chi connectivity index (χ0v) is 11.8. The molecular formula is C15H24NO3+. The summed E-state index contributed by atoms with van der Waals surface area (Å²) in [6, 6.07) is 5.87. The Morgan fingerprint density at radius 2 is 2.21 bits per heavy atom. The van der Waals surface area contributed by atoms with E-state index in [2.05, 4.69) is 11.9 Å². The zero-order valence-electron chi connectivity index (χ0n) is 11.8. The van der Waals surface area contributed by atoms with Crippen molar-refractivity contribution in [2.45, 2.75) is 26.5 Å². The summed E-state index contributed by atoms with van der Waals surface area (Å²) in [6.07, 6.45) is 1.40. The molecule has 0 spiro atoms. The lowest BCUT2D eigenvalue weighted by Crippen LogP contribution is -2.84. The molecule has 0 fully saturated rings. The molecule has 3 N–H and O–H groups in total. The van der Waals surface area contributed by atoms with E-state index in [1.165, 1.54) is 0 Å². The number of aliphatic hydroxyl groups excluding tert-OH is 1. The van der Waals surface area contributed by atoms with E-state index in [9.17, 15) is 5.11 Å². The average Bonchev–Trinajstić information content (AvgIpc) is 2.38. The van der Waals surface area contributed by atoms with E-state index in [1.54, 1.807) is 13.0 Å². The fourth-order valence-corrected chi connectivity index (χ4v) is 1.78. The molecule has 0 radical (unpaired) electrons. The summed E-state index contributed by atoms with van der Waals surface area (Å²) < 4.78 is 11.3. The number of aliphatic hydroxyl groups is 1. The molecule has 1 aromatic carbocycles. The fourth-order valence-electron chi connectivity index (χ4n) is 1.78. The Morgan fingerprint density at radius 1 is 1.42 bits per heavy atom. The number of quaternary nitrogens is 1. The van der Waals surface area contributed by atoms with Gasteiger partial charge in [-0.25, -0.2) is 0 Å². The van der Waals surface area contributed by atoms with E-state index >= 15 is 0 Å². The van der Waals surface area contributed by atoms with Crippen LogP contribution >= 0.6 is 0 Å². The molecule has 0 amide bonds. The van der Waals surface area contributed by atoms with Crippen LogP contribution in [0.15, 0.2) is 30.9 Å². The molecule has 0 heterocycles. The smallest absolute Gasteiger partial charge is 0.170 e. The second kappa shape index (κ2) is 8.56. The predicted octanol–water partition coefficient (Wildman–Crippen LogP) is 1.09. The lowest BCUT2D eigenvalue weighted by molar-refractivity contribution is -0.676. The monoisotopic (exact) mass is 266 g/mol. The van der Waals surface area contributed by atoms with Gasteiger partial charge in [0.25, 0.3) is 0 Å². The van der Waals surface area contributed by atoms with Crippen molar-refractivity contribution in [3.8, 4) is 11.5 Å². The molecule has 1 atom stereocenters. The highest BCUT2D eigenvalue weighted by Gasteiger charge is 2.12. The molecule has 0 aliphatic carbocycles. The number of ether oxygens (including phenoxy) is 2. The molecule has 0 aliphatic rings. The highest BCUT2D eigenvalue weighted by Crippen LogP contribution is 2.30. The maximum absolute atomic E-state index is 9.28. The highest BCUT2D eigenvalue weighted by molar-refractivity contribution is 5.46. The minimum atomic E-state index is -0.312. The van der Waals surface area contributed by atoms with E-state index in [4.69, 9.17) is 9.47 Å². The van der Waals surface area contributed by atoms with Gasteiger partial charge in [0.15, 0.2) is 11.5 Å². The van der Waals surface area contributed by atoms with Gasteiger partial charge < -0.3 is 19.9 Å². The quantitative estimate of drug-likeness (QED) is 0.658. The van der Waals surface area contributed by atoms with Crippen molar-refractivity contribution in [3.05, 3.63) is 36.4 Å². The molecule has 0 aliphatic heterocycles. The first kappa shape index (κ1) is 15.5. The third-order valence-electron chi connectivity index (χ3n) is 2.58. The zero-order chi connectivity index (χ0) is 14.1. The van der Waals surface area contributed by atoms with E-state index in [0.717, 1.165) is 23.6 Å². The summed E-state index contributed by atoms with van der Waals surface area (Å²) in [6.45, 7) is 9.86. The third-order valence-corrected chi connectivity index (χ3v) is 2.58. The predicted molar refractivity (Wildman–Crippen MR) is 75.5 cm³/mol. The molecule has 4 nitrogen and oxygen atoms in total. The van der Waals surface area contributed by atoms with Crippen LogP contribution in [0, 0.1) is 0 Å². The Morgan fingerprint density at radius 3 is 2.84 bits per heavy atom. The van der Waals surface area contributed by atoms with Crippen LogP contribution in [-0.4, -0.2) is 31.0 Å². The summed E-state index contributed by atoms with van der Waals surface area (Å²) in [7, 11) is 0. The van der Waals surface area contributed by atoms with Gasteiger partial charge in [0, 0.05) is 0 Å². The van der Waals surface area contributed by atoms with Gasteiger partial charge in [-0.1, -0.05) is 18.7 Å². The number of hydrogen-bond donors (Lipinski definition) is 2. The maximum Gasteiger partial charge on any atom is 0.170 e. The average molecular weight is 266 g/mol. The first-order chi connectivity index (χ1) is 9.19. The summed E-state index contributed by atoms with van der Waals surface area (Å²) in [5.41, 5.74) is 1.06. The molecule has 4 heteroatoms. The van der Waals surface area contributed by atoms with Crippen LogP contribution in [0.25, 0.3) is 0 Å². The van der Waals surface area contributed by atoms with Crippen molar-refractivity contribution < 1.29 is 19.9 Å². The second-order valence-corrected chi connectivity index (χ2v) is 4.35. The molecule has 1 aromatic rings. The number of benzene rings is 1.